The number of hydrogen-bond acceptors (Lipinski definition) is 4. The molecule has 0 saturated heterocycles. The molecule has 1 rings (SSSR count). The minimum absolute atomic E-state index is 0.268. The fourth-order valence-corrected chi connectivity index (χ4v) is 2.55. The standard InChI is InChI=1S/C20H31NO5/c1-2-3-4-8-15-25-19(22)21-18-13-11-17(12-14-18)10-7-5-6-9-16-26-20(23)24/h11-14H,2-10,15-16H2,1H3,(H,21,22)(H,23,24). The summed E-state index contributed by atoms with van der Waals surface area (Å²) >= 11 is 0. The van der Waals surface area contributed by atoms with Crippen LogP contribution in [0.2, 0.25) is 0 Å². The van der Waals surface area contributed by atoms with Gasteiger partial charge in [0.15, 0.2) is 0 Å². The summed E-state index contributed by atoms with van der Waals surface area (Å²) in [7, 11) is 0. The molecule has 0 bridgehead atoms. The Labute approximate surface area is 155 Å². The van der Waals surface area contributed by atoms with Gasteiger partial charge in [0, 0.05) is 5.69 Å². The molecule has 26 heavy (non-hydrogen) atoms. The Hall–Kier alpha value is -2.24. The molecule has 6 heteroatoms. The van der Waals surface area contributed by atoms with E-state index in [9.17, 15) is 9.59 Å². The smallest absolute Gasteiger partial charge is 0.450 e. The number of rotatable bonds is 13. The van der Waals surface area contributed by atoms with E-state index in [4.69, 9.17) is 9.84 Å². The summed E-state index contributed by atoms with van der Waals surface area (Å²) in [6.07, 6.45) is 7.46. The molecule has 1 amide bonds. The summed E-state index contributed by atoms with van der Waals surface area (Å²) in [5.41, 5.74) is 1.95. The number of unbranched alkanes of at least 4 members (excludes halogenated alkanes) is 6. The zero-order valence-electron chi connectivity index (χ0n) is 15.7. The van der Waals surface area contributed by atoms with Crippen molar-refractivity contribution in [2.24, 2.45) is 0 Å². The lowest BCUT2D eigenvalue weighted by Crippen LogP contribution is -2.14. The number of aryl methyl sites for hydroxylation is 1. The number of carbonyl (C=O) groups is 2. The molecular formula is C20H31NO5. The Kier molecular flexibility index (Phi) is 11.7. The summed E-state index contributed by atoms with van der Waals surface area (Å²) in [5.74, 6) is 0. The van der Waals surface area contributed by atoms with Gasteiger partial charge in [0.05, 0.1) is 13.2 Å². The predicted octanol–water partition coefficient (Wildman–Crippen LogP) is 5.61. The lowest BCUT2D eigenvalue weighted by Gasteiger charge is -2.08. The van der Waals surface area contributed by atoms with E-state index in [1.807, 2.05) is 24.3 Å². The van der Waals surface area contributed by atoms with Crippen LogP contribution in [0.1, 0.15) is 63.9 Å². The highest BCUT2D eigenvalue weighted by Crippen LogP contribution is 2.13. The highest BCUT2D eigenvalue weighted by atomic mass is 16.7. The molecule has 2 N–H and O–H groups in total. The van der Waals surface area contributed by atoms with Crippen molar-refractivity contribution in [3.05, 3.63) is 29.8 Å². The number of amides is 1. The van der Waals surface area contributed by atoms with E-state index >= 15 is 0 Å². The molecule has 0 atom stereocenters. The van der Waals surface area contributed by atoms with Gasteiger partial charge >= 0.3 is 12.2 Å². The van der Waals surface area contributed by atoms with E-state index in [1.54, 1.807) is 0 Å². The average molecular weight is 365 g/mol. The molecule has 0 heterocycles. The molecule has 6 nitrogen and oxygen atoms in total. The summed E-state index contributed by atoms with van der Waals surface area (Å²) in [6.45, 7) is 2.88. The molecule has 0 radical (unpaired) electrons. The number of anilines is 1. The molecule has 146 valence electrons. The van der Waals surface area contributed by atoms with Crippen LogP contribution in [0.4, 0.5) is 15.3 Å². The molecule has 0 spiro atoms. The first-order valence-corrected chi connectivity index (χ1v) is 9.50. The zero-order valence-corrected chi connectivity index (χ0v) is 15.7. The van der Waals surface area contributed by atoms with Crippen molar-refractivity contribution in [2.75, 3.05) is 18.5 Å². The number of benzene rings is 1. The van der Waals surface area contributed by atoms with Crippen LogP contribution in [0, 0.1) is 0 Å². The van der Waals surface area contributed by atoms with Gasteiger partial charge in [0.1, 0.15) is 0 Å². The molecule has 0 unspecified atom stereocenters. The number of carboxylic acid groups (broad SMARTS) is 1. The van der Waals surface area contributed by atoms with Crippen molar-refractivity contribution >= 4 is 17.9 Å². The number of ether oxygens (including phenoxy) is 2. The highest BCUT2D eigenvalue weighted by Gasteiger charge is 2.03. The van der Waals surface area contributed by atoms with Gasteiger partial charge in [-0.3, -0.25) is 5.32 Å². The van der Waals surface area contributed by atoms with Crippen LogP contribution in [0.3, 0.4) is 0 Å². The fraction of sp³-hybridized carbons (Fsp3) is 0.600. The van der Waals surface area contributed by atoms with E-state index in [0.717, 1.165) is 57.1 Å². The first-order valence-electron chi connectivity index (χ1n) is 9.50. The van der Waals surface area contributed by atoms with Crippen LogP contribution in [0.15, 0.2) is 24.3 Å². The lowest BCUT2D eigenvalue weighted by atomic mass is 10.1. The molecule has 1 aromatic rings. The molecule has 0 aliphatic rings. The third kappa shape index (κ3) is 11.3. The molecule has 0 aromatic heterocycles. The van der Waals surface area contributed by atoms with Crippen LogP contribution in [0.5, 0.6) is 0 Å². The minimum atomic E-state index is -1.21. The molecule has 0 aliphatic carbocycles. The first kappa shape index (κ1) is 21.8. The van der Waals surface area contributed by atoms with Gasteiger partial charge in [-0.25, -0.2) is 9.59 Å². The van der Waals surface area contributed by atoms with Crippen molar-refractivity contribution in [3.63, 3.8) is 0 Å². The van der Waals surface area contributed by atoms with Crippen molar-refractivity contribution in [3.8, 4) is 0 Å². The van der Waals surface area contributed by atoms with Crippen LogP contribution in [-0.2, 0) is 15.9 Å². The van der Waals surface area contributed by atoms with E-state index < -0.39 is 12.2 Å². The third-order valence-electron chi connectivity index (χ3n) is 4.02. The van der Waals surface area contributed by atoms with E-state index in [0.29, 0.717) is 6.61 Å². The Bertz CT molecular complexity index is 515. The summed E-state index contributed by atoms with van der Waals surface area (Å²) < 4.78 is 9.62. The maximum absolute atomic E-state index is 11.7. The second kappa shape index (κ2) is 14.0. The number of nitrogens with one attached hydrogen (secondary N) is 1. The molecular weight excluding hydrogens is 334 g/mol. The van der Waals surface area contributed by atoms with Crippen LogP contribution >= 0.6 is 0 Å². The van der Waals surface area contributed by atoms with Crippen LogP contribution < -0.4 is 5.32 Å². The topological polar surface area (TPSA) is 84.9 Å². The van der Waals surface area contributed by atoms with Crippen molar-refractivity contribution in [2.45, 2.75) is 64.7 Å². The predicted molar refractivity (Wildman–Crippen MR) is 102 cm³/mol. The normalized spacial score (nSPS) is 10.3. The minimum Gasteiger partial charge on any atom is -0.450 e. The Balaban J connectivity index is 2.12. The third-order valence-corrected chi connectivity index (χ3v) is 4.02. The van der Waals surface area contributed by atoms with Gasteiger partial charge in [-0.05, 0) is 43.4 Å². The van der Waals surface area contributed by atoms with Gasteiger partial charge in [-0.15, -0.1) is 0 Å². The van der Waals surface area contributed by atoms with E-state index in [1.165, 1.54) is 12.0 Å². The fourth-order valence-electron chi connectivity index (χ4n) is 2.55. The average Bonchev–Trinajstić information content (AvgIpc) is 2.62. The summed E-state index contributed by atoms with van der Waals surface area (Å²) in [4.78, 5) is 21.9. The van der Waals surface area contributed by atoms with Gasteiger partial charge in [-0.2, -0.15) is 0 Å². The van der Waals surface area contributed by atoms with Gasteiger partial charge in [0.2, 0.25) is 0 Å². The van der Waals surface area contributed by atoms with Crippen molar-refractivity contribution in [1.82, 2.24) is 0 Å². The zero-order chi connectivity index (χ0) is 19.0. The number of carbonyl (C=O) groups excluding carboxylic acids is 1. The largest absolute Gasteiger partial charge is 0.505 e. The molecule has 1 aromatic carbocycles. The SMILES string of the molecule is CCCCCCOC(=O)Nc1ccc(CCCCCCOC(=O)O)cc1. The molecule has 0 aliphatic heterocycles. The second-order valence-corrected chi connectivity index (χ2v) is 6.30. The Morgan fingerprint density at radius 1 is 0.885 bits per heavy atom. The van der Waals surface area contributed by atoms with Crippen LogP contribution in [-0.4, -0.2) is 30.6 Å². The Morgan fingerprint density at radius 3 is 2.15 bits per heavy atom. The van der Waals surface area contributed by atoms with Crippen LogP contribution in [0.25, 0.3) is 0 Å². The monoisotopic (exact) mass is 365 g/mol. The first-order chi connectivity index (χ1) is 12.6. The lowest BCUT2D eigenvalue weighted by molar-refractivity contribution is 0.0899. The quantitative estimate of drug-likeness (QED) is 0.350. The van der Waals surface area contributed by atoms with E-state index in [2.05, 4.69) is 17.0 Å². The molecule has 0 saturated carbocycles. The molecule has 0 fully saturated rings. The summed E-state index contributed by atoms with van der Waals surface area (Å²) in [5, 5.41) is 11.1. The highest BCUT2D eigenvalue weighted by molar-refractivity contribution is 5.84. The number of hydrogen-bond donors (Lipinski definition) is 2. The van der Waals surface area contributed by atoms with E-state index in [-0.39, 0.29) is 6.61 Å². The summed E-state index contributed by atoms with van der Waals surface area (Å²) in [6, 6.07) is 7.78. The van der Waals surface area contributed by atoms with Gasteiger partial charge < -0.3 is 14.6 Å². The van der Waals surface area contributed by atoms with Crippen molar-refractivity contribution < 1.29 is 24.2 Å². The maximum atomic E-state index is 11.7. The van der Waals surface area contributed by atoms with Crippen molar-refractivity contribution in [1.29, 1.82) is 0 Å². The maximum Gasteiger partial charge on any atom is 0.505 e. The van der Waals surface area contributed by atoms with Gasteiger partial charge in [-0.1, -0.05) is 51.2 Å². The second-order valence-electron chi connectivity index (χ2n) is 6.30. The Morgan fingerprint density at radius 2 is 1.50 bits per heavy atom. The van der Waals surface area contributed by atoms with Gasteiger partial charge in [0.25, 0.3) is 0 Å².